The SMILES string of the molecule is Clc1ccc(-c2nnc(COc3ccccc3)nn2)cc1. The zero-order chi connectivity index (χ0) is 14.5. The van der Waals surface area contributed by atoms with Crippen LogP contribution < -0.4 is 4.74 Å². The van der Waals surface area contributed by atoms with Gasteiger partial charge in [0, 0.05) is 10.6 Å². The number of rotatable bonds is 4. The van der Waals surface area contributed by atoms with E-state index >= 15 is 0 Å². The second kappa shape index (κ2) is 6.28. The predicted molar refractivity (Wildman–Crippen MR) is 78.8 cm³/mol. The summed E-state index contributed by atoms with van der Waals surface area (Å²) in [6, 6.07) is 16.6. The molecule has 1 heterocycles. The molecule has 0 unspecified atom stereocenters. The number of hydrogen-bond donors (Lipinski definition) is 0. The molecule has 0 aliphatic heterocycles. The average Bonchev–Trinajstić information content (AvgIpc) is 2.55. The Balaban J connectivity index is 1.68. The van der Waals surface area contributed by atoms with Crippen molar-refractivity contribution in [3.05, 3.63) is 65.4 Å². The summed E-state index contributed by atoms with van der Waals surface area (Å²) in [5.74, 6) is 1.63. The van der Waals surface area contributed by atoms with Gasteiger partial charge in [0.1, 0.15) is 5.75 Å². The van der Waals surface area contributed by atoms with Crippen molar-refractivity contribution in [3.63, 3.8) is 0 Å². The molecule has 3 rings (SSSR count). The molecular formula is C15H11ClN4O. The number of hydrogen-bond acceptors (Lipinski definition) is 5. The maximum absolute atomic E-state index is 5.84. The summed E-state index contributed by atoms with van der Waals surface area (Å²) in [4.78, 5) is 0. The summed E-state index contributed by atoms with van der Waals surface area (Å²) in [6.07, 6.45) is 0. The van der Waals surface area contributed by atoms with E-state index in [4.69, 9.17) is 16.3 Å². The normalized spacial score (nSPS) is 10.3. The fraction of sp³-hybridized carbons (Fsp3) is 0.0667. The van der Waals surface area contributed by atoms with E-state index in [0.717, 1.165) is 11.3 Å². The van der Waals surface area contributed by atoms with Crippen molar-refractivity contribution in [1.29, 1.82) is 0 Å². The quantitative estimate of drug-likeness (QED) is 0.740. The van der Waals surface area contributed by atoms with E-state index in [1.54, 1.807) is 12.1 Å². The van der Waals surface area contributed by atoms with Crippen molar-refractivity contribution in [3.8, 4) is 17.1 Å². The van der Waals surface area contributed by atoms with Crippen molar-refractivity contribution in [2.24, 2.45) is 0 Å². The van der Waals surface area contributed by atoms with Crippen LogP contribution in [0.25, 0.3) is 11.4 Å². The first-order valence-electron chi connectivity index (χ1n) is 6.31. The van der Waals surface area contributed by atoms with Crippen LogP contribution in [0.5, 0.6) is 5.75 Å². The zero-order valence-corrected chi connectivity index (χ0v) is 11.7. The van der Waals surface area contributed by atoms with Gasteiger partial charge in [-0.05, 0) is 36.4 Å². The summed E-state index contributed by atoms with van der Waals surface area (Å²) in [7, 11) is 0. The van der Waals surface area contributed by atoms with Gasteiger partial charge in [-0.25, -0.2) is 0 Å². The highest BCUT2D eigenvalue weighted by molar-refractivity contribution is 6.30. The molecule has 0 fully saturated rings. The van der Waals surface area contributed by atoms with Gasteiger partial charge in [-0.3, -0.25) is 0 Å². The maximum atomic E-state index is 5.84. The minimum absolute atomic E-state index is 0.227. The molecule has 0 bridgehead atoms. The van der Waals surface area contributed by atoms with Crippen molar-refractivity contribution in [2.45, 2.75) is 6.61 Å². The van der Waals surface area contributed by atoms with Gasteiger partial charge in [-0.2, -0.15) is 0 Å². The highest BCUT2D eigenvalue weighted by atomic mass is 35.5. The second-order valence-corrected chi connectivity index (χ2v) is 4.68. The molecule has 2 aromatic carbocycles. The molecule has 0 amide bonds. The molecule has 3 aromatic rings. The van der Waals surface area contributed by atoms with Gasteiger partial charge in [0.05, 0.1) is 0 Å². The molecule has 0 saturated heterocycles. The molecule has 0 aliphatic carbocycles. The second-order valence-electron chi connectivity index (χ2n) is 4.25. The third-order valence-electron chi connectivity index (χ3n) is 2.73. The van der Waals surface area contributed by atoms with Crippen LogP contribution in [-0.2, 0) is 6.61 Å². The fourth-order valence-corrected chi connectivity index (χ4v) is 1.81. The number of nitrogens with zero attached hydrogens (tertiary/aromatic N) is 4. The third kappa shape index (κ3) is 3.52. The largest absolute Gasteiger partial charge is 0.485 e. The molecule has 21 heavy (non-hydrogen) atoms. The molecule has 0 N–H and O–H groups in total. The fourth-order valence-electron chi connectivity index (χ4n) is 1.69. The Morgan fingerprint density at radius 3 is 2.14 bits per heavy atom. The monoisotopic (exact) mass is 298 g/mol. The standard InChI is InChI=1S/C15H11ClN4O/c16-12-8-6-11(7-9-12)15-19-17-14(18-20-15)10-21-13-4-2-1-3-5-13/h1-9H,10H2. The van der Waals surface area contributed by atoms with E-state index < -0.39 is 0 Å². The van der Waals surface area contributed by atoms with Crippen molar-refractivity contribution in [1.82, 2.24) is 20.4 Å². The van der Waals surface area contributed by atoms with Crippen LogP contribution in [0.1, 0.15) is 5.82 Å². The topological polar surface area (TPSA) is 60.8 Å². The lowest BCUT2D eigenvalue weighted by atomic mass is 10.2. The molecular weight excluding hydrogens is 288 g/mol. The number of halogens is 1. The molecule has 6 heteroatoms. The van der Waals surface area contributed by atoms with Crippen molar-refractivity contribution < 1.29 is 4.74 Å². The number of aromatic nitrogens is 4. The van der Waals surface area contributed by atoms with Crippen LogP contribution in [0.2, 0.25) is 5.02 Å². The van der Waals surface area contributed by atoms with Crippen molar-refractivity contribution >= 4 is 11.6 Å². The van der Waals surface area contributed by atoms with Gasteiger partial charge in [-0.1, -0.05) is 29.8 Å². The van der Waals surface area contributed by atoms with E-state index in [9.17, 15) is 0 Å². The summed E-state index contributed by atoms with van der Waals surface area (Å²) < 4.78 is 5.53. The van der Waals surface area contributed by atoms with E-state index in [0.29, 0.717) is 16.7 Å². The van der Waals surface area contributed by atoms with E-state index in [1.165, 1.54) is 0 Å². The van der Waals surface area contributed by atoms with E-state index in [-0.39, 0.29) is 6.61 Å². The minimum Gasteiger partial charge on any atom is -0.485 e. The molecule has 5 nitrogen and oxygen atoms in total. The van der Waals surface area contributed by atoms with Crippen molar-refractivity contribution in [2.75, 3.05) is 0 Å². The molecule has 0 radical (unpaired) electrons. The van der Waals surface area contributed by atoms with Gasteiger partial charge >= 0.3 is 0 Å². The lowest BCUT2D eigenvalue weighted by Crippen LogP contribution is -2.06. The van der Waals surface area contributed by atoms with E-state index in [1.807, 2.05) is 42.5 Å². The molecule has 0 spiro atoms. The first kappa shape index (κ1) is 13.5. The summed E-state index contributed by atoms with van der Waals surface area (Å²) in [5, 5.41) is 16.8. The van der Waals surface area contributed by atoms with Crippen LogP contribution in [0.4, 0.5) is 0 Å². The Bertz CT molecular complexity index is 702. The first-order chi connectivity index (χ1) is 10.3. The predicted octanol–water partition coefficient (Wildman–Crippen LogP) is 3.17. The van der Waals surface area contributed by atoms with Crippen LogP contribution in [-0.4, -0.2) is 20.4 Å². The first-order valence-corrected chi connectivity index (χ1v) is 6.69. The number of benzene rings is 2. The van der Waals surface area contributed by atoms with Gasteiger partial charge in [0.25, 0.3) is 0 Å². The Morgan fingerprint density at radius 2 is 1.48 bits per heavy atom. The van der Waals surface area contributed by atoms with E-state index in [2.05, 4.69) is 20.4 Å². The summed E-state index contributed by atoms with van der Waals surface area (Å²) in [5.41, 5.74) is 0.815. The average molecular weight is 299 g/mol. The van der Waals surface area contributed by atoms with Crippen LogP contribution >= 0.6 is 11.6 Å². The number of ether oxygens (including phenoxy) is 1. The smallest absolute Gasteiger partial charge is 0.210 e. The molecule has 1 aromatic heterocycles. The highest BCUT2D eigenvalue weighted by Crippen LogP contribution is 2.16. The van der Waals surface area contributed by atoms with Crippen LogP contribution in [0.3, 0.4) is 0 Å². The van der Waals surface area contributed by atoms with Crippen LogP contribution in [0, 0.1) is 0 Å². The zero-order valence-electron chi connectivity index (χ0n) is 11.0. The van der Waals surface area contributed by atoms with Crippen LogP contribution in [0.15, 0.2) is 54.6 Å². The molecule has 0 atom stereocenters. The van der Waals surface area contributed by atoms with Gasteiger partial charge in [0.15, 0.2) is 6.61 Å². The molecule has 0 saturated carbocycles. The third-order valence-corrected chi connectivity index (χ3v) is 2.99. The highest BCUT2D eigenvalue weighted by Gasteiger charge is 2.05. The van der Waals surface area contributed by atoms with Gasteiger partial charge in [-0.15, -0.1) is 20.4 Å². The Labute approximate surface area is 126 Å². The van der Waals surface area contributed by atoms with Gasteiger partial charge in [0.2, 0.25) is 11.6 Å². The summed E-state index contributed by atoms with van der Waals surface area (Å²) in [6.45, 7) is 0.227. The molecule has 104 valence electrons. The maximum Gasteiger partial charge on any atom is 0.210 e. The lowest BCUT2D eigenvalue weighted by molar-refractivity contribution is 0.292. The lowest BCUT2D eigenvalue weighted by Gasteiger charge is -2.04. The Kier molecular flexibility index (Phi) is 4.02. The molecule has 0 aliphatic rings. The minimum atomic E-state index is 0.227. The Hall–Kier alpha value is -2.53. The van der Waals surface area contributed by atoms with Gasteiger partial charge < -0.3 is 4.74 Å². The Morgan fingerprint density at radius 1 is 0.810 bits per heavy atom. The summed E-state index contributed by atoms with van der Waals surface area (Å²) >= 11 is 5.84. The number of para-hydroxylation sites is 1.